The first-order valence-corrected chi connectivity index (χ1v) is 11.8. The van der Waals surface area contributed by atoms with Crippen LogP contribution in [-0.2, 0) is 22.2 Å². The molecule has 13 heteroatoms. The minimum atomic E-state index is -4.48. The van der Waals surface area contributed by atoms with Crippen LogP contribution in [0.4, 0.5) is 29.5 Å². The number of nitrogens with zero attached hydrogens (tertiary/aromatic N) is 3. The largest absolute Gasteiger partial charge is 0.456 e. The zero-order valence-corrected chi connectivity index (χ0v) is 20.6. The van der Waals surface area contributed by atoms with E-state index in [0.717, 1.165) is 17.6 Å². The van der Waals surface area contributed by atoms with Crippen molar-refractivity contribution < 1.29 is 32.2 Å². The lowest BCUT2D eigenvalue weighted by Crippen LogP contribution is -2.15. The molecule has 2 aromatic heterocycles. The quantitative estimate of drug-likeness (QED) is 0.216. The molecule has 200 valence electrons. The van der Waals surface area contributed by atoms with E-state index < -0.39 is 17.8 Å². The van der Waals surface area contributed by atoms with E-state index >= 15 is 0 Å². The van der Waals surface area contributed by atoms with Crippen LogP contribution in [0.1, 0.15) is 12.0 Å². The maximum absolute atomic E-state index is 13.0. The van der Waals surface area contributed by atoms with E-state index in [4.69, 9.17) is 26.8 Å². The highest BCUT2D eigenvalue weighted by molar-refractivity contribution is 6.32. The molecule has 0 fully saturated rings. The predicted molar refractivity (Wildman–Crippen MR) is 135 cm³/mol. The maximum Gasteiger partial charge on any atom is 0.416 e. The molecule has 0 aliphatic heterocycles. The first-order chi connectivity index (χ1) is 18.2. The predicted octanol–water partition coefficient (Wildman–Crippen LogP) is 6.14. The Bertz CT molecular complexity index is 1410. The van der Waals surface area contributed by atoms with Gasteiger partial charge in [-0.05, 0) is 42.5 Å². The van der Waals surface area contributed by atoms with E-state index in [0.29, 0.717) is 43.2 Å². The number of primary amides is 1. The third-order valence-corrected chi connectivity index (χ3v) is 5.58. The van der Waals surface area contributed by atoms with E-state index in [-0.39, 0.29) is 23.1 Å². The van der Waals surface area contributed by atoms with Crippen LogP contribution in [0.15, 0.2) is 61.1 Å². The fraction of sp³-hybridized carbons (Fsp3) is 0.240. The van der Waals surface area contributed by atoms with Crippen molar-refractivity contribution in [3.05, 3.63) is 71.6 Å². The Morgan fingerprint density at radius 3 is 2.68 bits per heavy atom. The van der Waals surface area contributed by atoms with Crippen LogP contribution in [0.5, 0.6) is 11.5 Å². The molecule has 0 unspecified atom stereocenters. The number of halogens is 4. The Balaban J connectivity index is 1.42. The minimum absolute atomic E-state index is 0.0142. The van der Waals surface area contributed by atoms with Crippen molar-refractivity contribution in [3.8, 4) is 11.5 Å². The number of hydrogen-bond donors (Lipinski definition) is 2. The summed E-state index contributed by atoms with van der Waals surface area (Å²) in [6.45, 7) is 1.52. The number of amides is 1. The van der Waals surface area contributed by atoms with Crippen molar-refractivity contribution in [2.75, 3.05) is 25.1 Å². The lowest BCUT2D eigenvalue weighted by molar-refractivity contribution is -0.137. The molecule has 1 amide bonds. The molecule has 9 nitrogen and oxygen atoms in total. The van der Waals surface area contributed by atoms with E-state index in [9.17, 15) is 18.0 Å². The first-order valence-electron chi connectivity index (χ1n) is 11.4. The van der Waals surface area contributed by atoms with Gasteiger partial charge in [0.15, 0.2) is 5.82 Å². The Morgan fingerprint density at radius 1 is 1.08 bits per heavy atom. The smallest absolute Gasteiger partial charge is 0.416 e. The van der Waals surface area contributed by atoms with Crippen LogP contribution in [-0.4, -0.2) is 40.4 Å². The number of alkyl halides is 3. The van der Waals surface area contributed by atoms with Crippen molar-refractivity contribution in [3.63, 3.8) is 0 Å². The molecular formula is C25H23ClF3N5O4. The number of nitrogens with one attached hydrogen (secondary N) is 1. The van der Waals surface area contributed by atoms with Crippen LogP contribution in [0, 0.1) is 0 Å². The molecule has 0 saturated carbocycles. The third-order valence-electron chi connectivity index (χ3n) is 5.29. The zero-order valence-electron chi connectivity index (χ0n) is 19.9. The standard InChI is InChI=1S/C25H23ClF3N5O4/c26-19-14-17(5-6-21(19)38-18-4-1-3-16(13-18)25(27,28)29)33-23-22-20(31-15-32-23)7-8-34(22)9-12-36-10-2-11-37-24(30)35/h1,3-8,13-15H,2,9-12H2,(H2,30,35)(H,31,32,33). The molecule has 0 atom stereocenters. The summed E-state index contributed by atoms with van der Waals surface area (Å²) in [7, 11) is 0. The molecule has 0 spiro atoms. The number of carbonyl (C=O) groups is 1. The van der Waals surface area contributed by atoms with Gasteiger partial charge in [-0.1, -0.05) is 17.7 Å². The topological polar surface area (TPSA) is 114 Å². The number of aromatic nitrogens is 3. The minimum Gasteiger partial charge on any atom is -0.456 e. The second kappa shape index (κ2) is 12.0. The Hall–Kier alpha value is -4.03. The summed E-state index contributed by atoms with van der Waals surface area (Å²) >= 11 is 6.37. The molecule has 0 aliphatic carbocycles. The zero-order chi connectivity index (χ0) is 27.1. The summed E-state index contributed by atoms with van der Waals surface area (Å²) in [5.41, 5.74) is 6.14. The fourth-order valence-electron chi connectivity index (χ4n) is 3.57. The second-order valence-electron chi connectivity index (χ2n) is 8.00. The molecule has 4 rings (SSSR count). The Labute approximate surface area is 220 Å². The van der Waals surface area contributed by atoms with Crippen LogP contribution in [0.2, 0.25) is 5.02 Å². The van der Waals surface area contributed by atoms with Crippen LogP contribution < -0.4 is 15.8 Å². The highest BCUT2D eigenvalue weighted by Gasteiger charge is 2.30. The molecular weight excluding hydrogens is 527 g/mol. The number of anilines is 2. The highest BCUT2D eigenvalue weighted by atomic mass is 35.5. The molecule has 0 bridgehead atoms. The van der Waals surface area contributed by atoms with E-state index in [1.54, 1.807) is 18.2 Å². The van der Waals surface area contributed by atoms with Crippen LogP contribution in [0.3, 0.4) is 0 Å². The van der Waals surface area contributed by atoms with Crippen molar-refractivity contribution in [1.82, 2.24) is 14.5 Å². The van der Waals surface area contributed by atoms with Gasteiger partial charge in [0.1, 0.15) is 23.3 Å². The van der Waals surface area contributed by atoms with E-state index in [2.05, 4.69) is 20.0 Å². The van der Waals surface area contributed by atoms with Crippen LogP contribution in [0.25, 0.3) is 11.0 Å². The highest BCUT2D eigenvalue weighted by Crippen LogP contribution is 2.36. The van der Waals surface area contributed by atoms with Gasteiger partial charge in [0, 0.05) is 31.5 Å². The summed E-state index contributed by atoms with van der Waals surface area (Å²) < 4.78 is 56.7. The Kier molecular flexibility index (Phi) is 8.54. The monoisotopic (exact) mass is 549 g/mol. The van der Waals surface area contributed by atoms with Crippen molar-refractivity contribution in [1.29, 1.82) is 0 Å². The lowest BCUT2D eigenvalue weighted by Gasteiger charge is -2.13. The summed E-state index contributed by atoms with van der Waals surface area (Å²) in [5.74, 6) is 0.740. The second-order valence-corrected chi connectivity index (χ2v) is 8.40. The molecule has 3 N–H and O–H groups in total. The number of nitrogens with two attached hydrogens (primary N) is 1. The third kappa shape index (κ3) is 7.05. The number of fused-ring (bicyclic) bond motifs is 1. The van der Waals surface area contributed by atoms with Crippen molar-refractivity contribution in [2.24, 2.45) is 5.73 Å². The maximum atomic E-state index is 13.0. The molecule has 4 aromatic rings. The molecule has 38 heavy (non-hydrogen) atoms. The van der Waals surface area contributed by atoms with Crippen molar-refractivity contribution >= 4 is 40.2 Å². The number of rotatable bonds is 11. The van der Waals surface area contributed by atoms with Crippen LogP contribution >= 0.6 is 11.6 Å². The van der Waals surface area contributed by atoms with Gasteiger partial charge in [-0.25, -0.2) is 14.8 Å². The summed E-state index contributed by atoms with van der Waals surface area (Å²) in [6.07, 6.45) is -1.48. The van der Waals surface area contributed by atoms with Gasteiger partial charge in [-0.3, -0.25) is 0 Å². The number of hydrogen-bond acceptors (Lipinski definition) is 7. The number of carbonyl (C=O) groups excluding carboxylic acids is 1. The van der Waals surface area contributed by atoms with Gasteiger partial charge in [-0.2, -0.15) is 13.2 Å². The van der Waals surface area contributed by atoms with Gasteiger partial charge in [0.05, 0.1) is 29.3 Å². The van der Waals surface area contributed by atoms with Gasteiger partial charge in [0.2, 0.25) is 0 Å². The normalized spacial score (nSPS) is 11.5. The molecule has 0 radical (unpaired) electrons. The Morgan fingerprint density at radius 2 is 1.92 bits per heavy atom. The average Bonchev–Trinajstić information content (AvgIpc) is 3.29. The fourth-order valence-corrected chi connectivity index (χ4v) is 3.79. The van der Waals surface area contributed by atoms with Crippen molar-refractivity contribution in [2.45, 2.75) is 19.1 Å². The van der Waals surface area contributed by atoms with Gasteiger partial charge >= 0.3 is 12.3 Å². The summed E-state index contributed by atoms with van der Waals surface area (Å²) in [4.78, 5) is 19.2. The lowest BCUT2D eigenvalue weighted by atomic mass is 10.2. The van der Waals surface area contributed by atoms with E-state index in [1.807, 2.05) is 16.8 Å². The van der Waals surface area contributed by atoms with Gasteiger partial charge < -0.3 is 29.8 Å². The molecule has 0 aliphatic rings. The SMILES string of the molecule is NC(=O)OCCCOCCn1ccc2ncnc(Nc3ccc(Oc4cccc(C(F)(F)F)c4)c(Cl)c3)c21. The first kappa shape index (κ1) is 27.0. The molecule has 2 aromatic carbocycles. The average molecular weight is 550 g/mol. The number of ether oxygens (including phenoxy) is 3. The van der Waals surface area contributed by atoms with E-state index in [1.165, 1.54) is 18.5 Å². The molecule has 0 saturated heterocycles. The van der Waals surface area contributed by atoms with Gasteiger partial charge in [0.25, 0.3) is 0 Å². The summed E-state index contributed by atoms with van der Waals surface area (Å²) in [6, 6.07) is 11.2. The summed E-state index contributed by atoms with van der Waals surface area (Å²) in [5, 5.41) is 3.40. The number of benzene rings is 2. The molecule has 2 heterocycles. The van der Waals surface area contributed by atoms with Gasteiger partial charge in [-0.15, -0.1) is 0 Å².